The first kappa shape index (κ1) is 16.9. The van der Waals surface area contributed by atoms with Crippen LogP contribution in [0, 0.1) is 13.8 Å². The van der Waals surface area contributed by atoms with E-state index in [9.17, 15) is 4.79 Å². The first-order valence-electron chi connectivity index (χ1n) is 7.05. The predicted octanol–water partition coefficient (Wildman–Crippen LogP) is 2.99. The Bertz CT molecular complexity index is 464. The molecule has 0 saturated heterocycles. The van der Waals surface area contributed by atoms with Crippen LogP contribution in [0.3, 0.4) is 0 Å². The molecule has 0 aliphatic heterocycles. The first-order valence-corrected chi connectivity index (χ1v) is 10.8. The summed E-state index contributed by atoms with van der Waals surface area (Å²) in [5, 5.41) is 4.35. The molecule has 0 saturated carbocycles. The van der Waals surface area contributed by atoms with Gasteiger partial charge >= 0.3 is 5.97 Å². The molecule has 20 heavy (non-hydrogen) atoms. The van der Waals surface area contributed by atoms with Crippen LogP contribution in [0.4, 0.5) is 0 Å². The molecule has 0 atom stereocenters. The summed E-state index contributed by atoms with van der Waals surface area (Å²) < 4.78 is 12.4. The van der Waals surface area contributed by atoms with Gasteiger partial charge in [-0.25, -0.2) is 9.48 Å². The average molecular weight is 298 g/mol. The molecule has 1 heterocycles. The van der Waals surface area contributed by atoms with Gasteiger partial charge in [0.2, 0.25) is 0 Å². The number of ether oxygens (including phenoxy) is 2. The fourth-order valence-corrected chi connectivity index (χ4v) is 2.61. The van der Waals surface area contributed by atoms with Crippen molar-refractivity contribution in [3.8, 4) is 0 Å². The van der Waals surface area contributed by atoms with Gasteiger partial charge in [0.15, 0.2) is 0 Å². The van der Waals surface area contributed by atoms with Crippen LogP contribution in [0.2, 0.25) is 25.7 Å². The second-order valence-corrected chi connectivity index (χ2v) is 11.7. The molecule has 1 rings (SSSR count). The molecule has 0 aliphatic rings. The number of nitrogens with zero attached hydrogens (tertiary/aromatic N) is 2. The number of rotatable bonds is 7. The third-order valence-corrected chi connectivity index (χ3v) is 4.78. The summed E-state index contributed by atoms with van der Waals surface area (Å²) in [5.41, 5.74) is 2.05. The molecule has 0 fully saturated rings. The Balaban J connectivity index is 2.64. The number of hydrogen-bond acceptors (Lipinski definition) is 4. The molecule has 0 spiro atoms. The number of hydrogen-bond donors (Lipinski definition) is 0. The van der Waals surface area contributed by atoms with Crippen molar-refractivity contribution < 1.29 is 14.3 Å². The summed E-state index contributed by atoms with van der Waals surface area (Å²) in [6.07, 6.45) is 0. The quantitative estimate of drug-likeness (QED) is 0.441. The van der Waals surface area contributed by atoms with E-state index in [1.54, 1.807) is 11.6 Å². The van der Waals surface area contributed by atoms with Crippen molar-refractivity contribution in [2.24, 2.45) is 0 Å². The van der Waals surface area contributed by atoms with Gasteiger partial charge in [-0.15, -0.1) is 0 Å². The van der Waals surface area contributed by atoms with Gasteiger partial charge in [-0.1, -0.05) is 19.6 Å². The summed E-state index contributed by atoms with van der Waals surface area (Å²) >= 11 is 0. The third-order valence-electron chi connectivity index (χ3n) is 3.07. The van der Waals surface area contributed by atoms with E-state index < -0.39 is 8.07 Å². The van der Waals surface area contributed by atoms with E-state index in [2.05, 4.69) is 24.7 Å². The molecule has 6 heteroatoms. The van der Waals surface area contributed by atoms with Crippen molar-refractivity contribution in [1.82, 2.24) is 9.78 Å². The van der Waals surface area contributed by atoms with Gasteiger partial charge in [0.1, 0.15) is 12.3 Å². The van der Waals surface area contributed by atoms with Gasteiger partial charge in [0.05, 0.1) is 18.0 Å². The smallest absolute Gasteiger partial charge is 0.341 e. The number of carbonyl (C=O) groups excluding carboxylic acids is 1. The highest BCUT2D eigenvalue weighted by Gasteiger charge is 2.19. The number of aromatic nitrogens is 2. The second kappa shape index (κ2) is 7.03. The van der Waals surface area contributed by atoms with Gasteiger partial charge in [0.25, 0.3) is 0 Å². The van der Waals surface area contributed by atoms with E-state index in [1.165, 1.54) is 0 Å². The van der Waals surface area contributed by atoms with E-state index >= 15 is 0 Å². The first-order chi connectivity index (χ1) is 9.26. The Labute approximate surface area is 122 Å². The third kappa shape index (κ3) is 4.75. The van der Waals surface area contributed by atoms with E-state index in [0.717, 1.165) is 18.3 Å². The van der Waals surface area contributed by atoms with Gasteiger partial charge in [-0.05, 0) is 26.8 Å². The molecule has 0 aromatic carbocycles. The Morgan fingerprint density at radius 3 is 2.50 bits per heavy atom. The van der Waals surface area contributed by atoms with Crippen LogP contribution in [-0.2, 0) is 16.2 Å². The molecule has 5 nitrogen and oxygen atoms in total. The van der Waals surface area contributed by atoms with Gasteiger partial charge in [-0.3, -0.25) is 0 Å². The van der Waals surface area contributed by atoms with Gasteiger partial charge in [0, 0.05) is 14.7 Å². The van der Waals surface area contributed by atoms with E-state index in [1.807, 2.05) is 13.8 Å². The van der Waals surface area contributed by atoms with Crippen LogP contribution in [0.15, 0.2) is 0 Å². The minimum atomic E-state index is -1.07. The van der Waals surface area contributed by atoms with Crippen molar-refractivity contribution in [2.75, 3.05) is 13.2 Å². The van der Waals surface area contributed by atoms with Crippen LogP contribution in [0.1, 0.15) is 28.7 Å². The van der Waals surface area contributed by atoms with E-state index in [4.69, 9.17) is 9.47 Å². The molecular weight excluding hydrogens is 272 g/mol. The Morgan fingerprint density at radius 2 is 1.95 bits per heavy atom. The number of esters is 1. The SMILES string of the molecule is CCOC(=O)c1c(C)nn(COCC[Si](C)(C)C)c1C. The molecule has 0 amide bonds. The standard InChI is InChI=1S/C14H26N2O3Si/c1-7-19-14(17)13-11(2)15-16(12(13)3)10-18-8-9-20(4,5)6/h7-10H2,1-6H3. The van der Waals surface area contributed by atoms with Crippen LogP contribution < -0.4 is 0 Å². The summed E-state index contributed by atoms with van der Waals surface area (Å²) in [5.74, 6) is -0.309. The lowest BCUT2D eigenvalue weighted by molar-refractivity contribution is 0.0522. The molecule has 1 aromatic rings. The highest BCUT2D eigenvalue weighted by Crippen LogP contribution is 2.15. The average Bonchev–Trinajstić information content (AvgIpc) is 2.59. The van der Waals surface area contributed by atoms with Crippen molar-refractivity contribution in [3.05, 3.63) is 17.0 Å². The molecule has 0 unspecified atom stereocenters. The second-order valence-electron chi connectivity index (χ2n) is 6.11. The van der Waals surface area contributed by atoms with Gasteiger partial charge in [-0.2, -0.15) is 5.10 Å². The Kier molecular flexibility index (Phi) is 5.95. The zero-order chi connectivity index (χ0) is 15.3. The van der Waals surface area contributed by atoms with Gasteiger partial charge < -0.3 is 9.47 Å². The fraction of sp³-hybridized carbons (Fsp3) is 0.714. The summed E-state index contributed by atoms with van der Waals surface area (Å²) in [6, 6.07) is 1.12. The lowest BCUT2D eigenvalue weighted by atomic mass is 10.2. The molecule has 0 N–H and O–H groups in total. The van der Waals surface area contributed by atoms with Crippen LogP contribution in [0.25, 0.3) is 0 Å². The lowest BCUT2D eigenvalue weighted by Gasteiger charge is -2.15. The molecule has 0 radical (unpaired) electrons. The predicted molar refractivity (Wildman–Crippen MR) is 81.8 cm³/mol. The zero-order valence-electron chi connectivity index (χ0n) is 13.4. The summed E-state index contributed by atoms with van der Waals surface area (Å²) in [7, 11) is -1.07. The zero-order valence-corrected chi connectivity index (χ0v) is 14.4. The van der Waals surface area contributed by atoms with E-state index in [0.29, 0.717) is 24.6 Å². The maximum Gasteiger partial charge on any atom is 0.341 e. The van der Waals surface area contributed by atoms with Crippen molar-refractivity contribution in [2.45, 2.75) is 53.2 Å². The maximum absolute atomic E-state index is 11.9. The van der Waals surface area contributed by atoms with Crippen molar-refractivity contribution in [3.63, 3.8) is 0 Å². The number of aryl methyl sites for hydroxylation is 1. The number of carbonyl (C=O) groups is 1. The highest BCUT2D eigenvalue weighted by molar-refractivity contribution is 6.76. The van der Waals surface area contributed by atoms with Crippen LogP contribution in [-0.4, -0.2) is 37.0 Å². The molecule has 0 aliphatic carbocycles. The molecular formula is C14H26N2O3Si. The lowest BCUT2D eigenvalue weighted by Crippen LogP contribution is -2.22. The maximum atomic E-state index is 11.9. The summed E-state index contributed by atoms with van der Waals surface area (Å²) in [4.78, 5) is 11.9. The molecule has 0 bridgehead atoms. The molecule has 114 valence electrons. The topological polar surface area (TPSA) is 53.3 Å². The Hall–Kier alpha value is -1.14. The normalized spacial score (nSPS) is 11.7. The summed E-state index contributed by atoms with van der Waals surface area (Å²) in [6.45, 7) is 13.9. The minimum absolute atomic E-state index is 0.309. The monoisotopic (exact) mass is 298 g/mol. The minimum Gasteiger partial charge on any atom is -0.462 e. The largest absolute Gasteiger partial charge is 0.462 e. The highest BCUT2D eigenvalue weighted by atomic mass is 28.3. The van der Waals surface area contributed by atoms with Crippen molar-refractivity contribution >= 4 is 14.0 Å². The fourth-order valence-electron chi connectivity index (χ4n) is 1.85. The van der Waals surface area contributed by atoms with Crippen molar-refractivity contribution in [1.29, 1.82) is 0 Å². The van der Waals surface area contributed by atoms with Crippen LogP contribution >= 0.6 is 0 Å². The van der Waals surface area contributed by atoms with Crippen LogP contribution in [0.5, 0.6) is 0 Å². The van der Waals surface area contributed by atoms with E-state index in [-0.39, 0.29) is 5.97 Å². The molecule has 1 aromatic heterocycles. The Morgan fingerprint density at radius 1 is 1.30 bits per heavy atom.